The fourth-order valence-corrected chi connectivity index (χ4v) is 5.96. The summed E-state index contributed by atoms with van der Waals surface area (Å²) in [6.45, 7) is 15.5. The molecule has 0 bridgehead atoms. The van der Waals surface area contributed by atoms with E-state index in [4.69, 9.17) is 5.11 Å². The van der Waals surface area contributed by atoms with Crippen molar-refractivity contribution in [3.05, 3.63) is 0 Å². The van der Waals surface area contributed by atoms with Gasteiger partial charge < -0.3 is 36.6 Å². The van der Waals surface area contributed by atoms with E-state index in [-0.39, 0.29) is 18.7 Å². The molecule has 0 aromatic rings. The number of hydrogen-bond donors (Lipinski definition) is 6. The number of nitrogens with one attached hydrogen (secondary N) is 5. The number of hydrogen-bond acceptors (Lipinski definition) is 8. The monoisotopic (exact) mass is 765 g/mol. The first-order chi connectivity index (χ1) is 24.9. The maximum atomic E-state index is 13.5. The summed E-state index contributed by atoms with van der Waals surface area (Å²) in [5.41, 5.74) is -6.08. The molecule has 0 aliphatic carbocycles. The topological polar surface area (TPSA) is 220 Å². The fraction of sp³-hybridized carbons (Fsp3) is 0.795. The molecule has 2 unspecified atom stereocenters. The number of rotatable bonds is 24. The van der Waals surface area contributed by atoms with Crippen molar-refractivity contribution in [1.82, 2.24) is 31.5 Å². The molecule has 0 radical (unpaired) electrons. The second kappa shape index (κ2) is 21.2. The molecule has 0 aromatic heterocycles. The van der Waals surface area contributed by atoms with Gasteiger partial charge in [-0.25, -0.2) is 0 Å². The van der Waals surface area contributed by atoms with Crippen molar-refractivity contribution in [3.8, 4) is 0 Å². The van der Waals surface area contributed by atoms with E-state index in [0.29, 0.717) is 25.8 Å². The van der Waals surface area contributed by atoms with E-state index in [1.165, 1.54) is 92.4 Å². The lowest BCUT2D eigenvalue weighted by Gasteiger charge is -2.36. The standard InChI is InChI=1S/C39H68N6O9/c1-11-12-13-14-15-16-17-18-19-22-28(46)26(2)31(50)45-25-20-21-27(45)30(49)41-37(5,6)33(52)43-39(9,10)35(54)44-38(7,8)34(53)42-36(3,4)32(51)40-24-23-29(47)48/h26-27H,11-25H2,1-10H3,(H,40,51)(H,41,49)(H,42,53)(H,43,52)(H,44,54)(H,47,48). The quantitative estimate of drug-likeness (QED) is 0.0627. The Morgan fingerprint density at radius 3 is 1.52 bits per heavy atom. The SMILES string of the molecule is CCCCCCCCCCCC(=O)C(C)C(=O)N1CCCC1C(=O)NC(C)(C)C(=O)NC(C)(C)C(=O)NC(C)(C)C(=O)NC(C)(C)C(=O)NCCC(=O)O. The van der Waals surface area contributed by atoms with Crippen LogP contribution in [-0.4, -0.2) is 98.5 Å². The smallest absolute Gasteiger partial charge is 0.305 e. The number of carbonyl (C=O) groups excluding carboxylic acids is 7. The minimum Gasteiger partial charge on any atom is -0.481 e. The van der Waals surface area contributed by atoms with E-state index in [1.807, 2.05) is 0 Å². The molecule has 0 aromatic carbocycles. The number of carboxylic acid groups (broad SMARTS) is 1. The zero-order chi connectivity index (χ0) is 41.5. The molecule has 1 aliphatic heterocycles. The third-order valence-corrected chi connectivity index (χ3v) is 9.83. The highest BCUT2D eigenvalue weighted by Crippen LogP contribution is 2.23. The highest BCUT2D eigenvalue weighted by atomic mass is 16.4. The molecule has 6 amide bonds. The van der Waals surface area contributed by atoms with Gasteiger partial charge in [-0.1, -0.05) is 58.3 Å². The number of amides is 6. The first-order valence-electron chi connectivity index (χ1n) is 19.5. The zero-order valence-corrected chi connectivity index (χ0v) is 34.4. The summed E-state index contributed by atoms with van der Waals surface area (Å²) in [5, 5.41) is 21.7. The maximum absolute atomic E-state index is 13.5. The molecule has 1 rings (SSSR count). The van der Waals surface area contributed by atoms with Gasteiger partial charge in [0.15, 0.2) is 0 Å². The molecule has 54 heavy (non-hydrogen) atoms. The van der Waals surface area contributed by atoms with Crippen LogP contribution in [-0.2, 0) is 38.4 Å². The Labute approximate surface area is 321 Å². The molecule has 1 fully saturated rings. The molecular weight excluding hydrogens is 696 g/mol. The van der Waals surface area contributed by atoms with Crippen molar-refractivity contribution in [1.29, 1.82) is 0 Å². The summed E-state index contributed by atoms with van der Waals surface area (Å²) in [5.74, 6) is -5.80. The summed E-state index contributed by atoms with van der Waals surface area (Å²) in [7, 11) is 0. The van der Waals surface area contributed by atoms with Gasteiger partial charge in [0.25, 0.3) is 0 Å². The van der Waals surface area contributed by atoms with Crippen LogP contribution >= 0.6 is 0 Å². The average Bonchev–Trinajstić information content (AvgIpc) is 3.56. The Morgan fingerprint density at radius 1 is 0.630 bits per heavy atom. The van der Waals surface area contributed by atoms with Gasteiger partial charge in [-0.2, -0.15) is 0 Å². The Bertz CT molecular complexity index is 1360. The predicted octanol–water partition coefficient (Wildman–Crippen LogP) is 3.27. The normalized spacial score (nSPS) is 15.5. The van der Waals surface area contributed by atoms with Crippen molar-refractivity contribution in [2.75, 3.05) is 13.1 Å². The van der Waals surface area contributed by atoms with Gasteiger partial charge in [0.1, 0.15) is 34.0 Å². The maximum Gasteiger partial charge on any atom is 0.305 e. The van der Waals surface area contributed by atoms with Gasteiger partial charge in [0.05, 0.1) is 12.3 Å². The third-order valence-electron chi connectivity index (χ3n) is 9.83. The first-order valence-corrected chi connectivity index (χ1v) is 19.5. The highest BCUT2D eigenvalue weighted by Gasteiger charge is 2.44. The highest BCUT2D eigenvalue weighted by molar-refractivity contribution is 6.03. The van der Waals surface area contributed by atoms with Crippen LogP contribution < -0.4 is 26.6 Å². The summed E-state index contributed by atoms with van der Waals surface area (Å²) in [6, 6.07) is -0.855. The van der Waals surface area contributed by atoms with Crippen LogP contribution in [0.15, 0.2) is 0 Å². The molecule has 6 N–H and O–H groups in total. The van der Waals surface area contributed by atoms with Gasteiger partial charge in [-0.05, 0) is 81.6 Å². The molecule has 2 atom stereocenters. The van der Waals surface area contributed by atoms with Crippen LogP contribution in [0.5, 0.6) is 0 Å². The van der Waals surface area contributed by atoms with Crippen LogP contribution in [0.4, 0.5) is 0 Å². The summed E-state index contributed by atoms with van der Waals surface area (Å²) >= 11 is 0. The van der Waals surface area contributed by atoms with Gasteiger partial charge >= 0.3 is 5.97 Å². The molecule has 1 heterocycles. The predicted molar refractivity (Wildman–Crippen MR) is 205 cm³/mol. The van der Waals surface area contributed by atoms with Crippen molar-refractivity contribution in [3.63, 3.8) is 0 Å². The number of carboxylic acids is 1. The van der Waals surface area contributed by atoms with E-state index in [9.17, 15) is 38.4 Å². The third kappa shape index (κ3) is 15.4. The van der Waals surface area contributed by atoms with Crippen molar-refractivity contribution < 1.29 is 43.5 Å². The van der Waals surface area contributed by atoms with Crippen LogP contribution in [0, 0.1) is 5.92 Å². The summed E-state index contributed by atoms with van der Waals surface area (Å²) in [6.07, 6.45) is 11.0. The van der Waals surface area contributed by atoms with Crippen molar-refractivity contribution in [2.45, 2.75) is 181 Å². The lowest BCUT2D eigenvalue weighted by Crippen LogP contribution is -2.68. The molecule has 1 aliphatic rings. The van der Waals surface area contributed by atoms with Crippen LogP contribution in [0.1, 0.15) is 153 Å². The molecule has 15 nitrogen and oxygen atoms in total. The zero-order valence-electron chi connectivity index (χ0n) is 34.4. The first kappa shape index (κ1) is 48.0. The summed E-state index contributed by atoms with van der Waals surface area (Å²) < 4.78 is 0. The molecule has 0 spiro atoms. The molecule has 15 heteroatoms. The van der Waals surface area contributed by atoms with Gasteiger partial charge in [0, 0.05) is 19.5 Å². The average molecular weight is 765 g/mol. The van der Waals surface area contributed by atoms with Crippen LogP contribution in [0.3, 0.4) is 0 Å². The minimum absolute atomic E-state index is 0.130. The van der Waals surface area contributed by atoms with E-state index in [1.54, 1.807) is 6.92 Å². The van der Waals surface area contributed by atoms with E-state index in [0.717, 1.165) is 25.7 Å². The van der Waals surface area contributed by atoms with E-state index in [2.05, 4.69) is 33.5 Å². The van der Waals surface area contributed by atoms with E-state index >= 15 is 0 Å². The number of aliphatic carboxylic acids is 1. The van der Waals surface area contributed by atoms with Gasteiger partial charge in [-0.3, -0.25) is 38.4 Å². The lowest BCUT2D eigenvalue weighted by atomic mass is 9.95. The number of likely N-dealkylation sites (tertiary alicyclic amines) is 1. The molecule has 0 saturated carbocycles. The second-order valence-electron chi connectivity index (χ2n) is 16.7. The van der Waals surface area contributed by atoms with Crippen LogP contribution in [0.25, 0.3) is 0 Å². The Balaban J connectivity index is 2.76. The largest absolute Gasteiger partial charge is 0.481 e. The van der Waals surface area contributed by atoms with Crippen LogP contribution in [0.2, 0.25) is 0 Å². The number of nitrogens with zero attached hydrogens (tertiary/aromatic N) is 1. The lowest BCUT2D eigenvalue weighted by molar-refractivity contribution is -0.146. The van der Waals surface area contributed by atoms with Crippen molar-refractivity contribution in [2.24, 2.45) is 5.92 Å². The number of carbonyl (C=O) groups is 8. The Hall–Kier alpha value is -4.04. The Kier molecular flexibility index (Phi) is 18.8. The fourth-order valence-electron chi connectivity index (χ4n) is 5.96. The molecule has 308 valence electrons. The van der Waals surface area contributed by atoms with E-state index < -0.39 is 75.5 Å². The van der Waals surface area contributed by atoms with Gasteiger partial charge in [-0.15, -0.1) is 0 Å². The second-order valence-corrected chi connectivity index (χ2v) is 16.7. The van der Waals surface area contributed by atoms with Gasteiger partial charge in [0.2, 0.25) is 35.4 Å². The number of ketones is 1. The minimum atomic E-state index is -1.57. The molecule has 1 saturated heterocycles. The summed E-state index contributed by atoms with van der Waals surface area (Å²) in [4.78, 5) is 105. The molecular formula is C39H68N6O9. The number of Topliss-reactive ketones (excluding diaryl/α,β-unsaturated/α-hetero) is 1. The number of unbranched alkanes of at least 4 members (excludes halogenated alkanes) is 8. The Morgan fingerprint density at radius 2 is 1.06 bits per heavy atom. The van der Waals surface area contributed by atoms with Crippen molar-refractivity contribution >= 4 is 47.2 Å².